The Morgan fingerprint density at radius 3 is 2.70 bits per heavy atom. The van der Waals surface area contributed by atoms with Crippen LogP contribution in [-0.2, 0) is 6.42 Å². The molecule has 0 bridgehead atoms. The molecule has 30 heavy (non-hydrogen) atoms. The average molecular weight is 444 g/mol. The number of nitrogens with two attached hydrogens (primary N) is 1. The number of benzene rings is 2. The van der Waals surface area contributed by atoms with Gasteiger partial charge in [0.25, 0.3) is 0 Å². The van der Waals surface area contributed by atoms with E-state index in [2.05, 4.69) is 15.0 Å². The van der Waals surface area contributed by atoms with Crippen molar-refractivity contribution < 1.29 is 4.74 Å². The zero-order valence-electron chi connectivity index (χ0n) is 16.4. The monoisotopic (exact) mass is 443 g/mol. The van der Waals surface area contributed by atoms with Crippen molar-refractivity contribution in [3.05, 3.63) is 70.2 Å². The van der Waals surface area contributed by atoms with Crippen molar-refractivity contribution in [3.63, 3.8) is 0 Å². The molecule has 1 aliphatic heterocycles. The molecule has 6 nitrogen and oxygen atoms in total. The molecule has 0 radical (unpaired) electrons. The van der Waals surface area contributed by atoms with Gasteiger partial charge in [0.1, 0.15) is 24.5 Å². The van der Waals surface area contributed by atoms with E-state index in [1.54, 1.807) is 11.0 Å². The Morgan fingerprint density at radius 2 is 1.97 bits per heavy atom. The maximum atomic E-state index is 6.56. The minimum atomic E-state index is -0.154. The highest BCUT2D eigenvalue weighted by molar-refractivity contribution is 6.35. The fraction of sp³-hybridized carbons (Fsp3) is 0.364. The van der Waals surface area contributed by atoms with Gasteiger partial charge in [-0.25, -0.2) is 9.67 Å². The highest BCUT2D eigenvalue weighted by Gasteiger charge is 2.40. The molecule has 3 atom stereocenters. The highest BCUT2D eigenvalue weighted by Crippen LogP contribution is 2.43. The Hall–Kier alpha value is -2.12. The second kappa shape index (κ2) is 8.19. The lowest BCUT2D eigenvalue weighted by Crippen LogP contribution is -2.49. The molecule has 2 N–H and O–H groups in total. The minimum absolute atomic E-state index is 0.154. The van der Waals surface area contributed by atoms with Crippen LogP contribution < -0.4 is 10.5 Å². The van der Waals surface area contributed by atoms with Crippen molar-refractivity contribution >= 4 is 23.2 Å². The predicted molar refractivity (Wildman–Crippen MR) is 117 cm³/mol. The van der Waals surface area contributed by atoms with Gasteiger partial charge in [0.15, 0.2) is 0 Å². The van der Waals surface area contributed by atoms with E-state index in [0.717, 1.165) is 54.9 Å². The number of aromatic nitrogens is 3. The van der Waals surface area contributed by atoms with E-state index in [0.29, 0.717) is 10.0 Å². The quantitative estimate of drug-likeness (QED) is 0.658. The number of ether oxygens (including phenoxy) is 1. The Balaban J connectivity index is 1.45. The summed E-state index contributed by atoms with van der Waals surface area (Å²) >= 11 is 12.9. The Bertz CT molecular complexity index is 1020. The predicted octanol–water partition coefficient (Wildman–Crippen LogP) is 4.04. The van der Waals surface area contributed by atoms with E-state index < -0.39 is 0 Å². The molecule has 1 aromatic heterocycles. The summed E-state index contributed by atoms with van der Waals surface area (Å²) < 4.78 is 8.25. The van der Waals surface area contributed by atoms with Crippen LogP contribution in [0.2, 0.25) is 10.0 Å². The topological polar surface area (TPSA) is 69.2 Å². The summed E-state index contributed by atoms with van der Waals surface area (Å²) in [6, 6.07) is 12.0. The van der Waals surface area contributed by atoms with E-state index in [1.807, 2.05) is 36.4 Å². The number of hydrogen-bond acceptors (Lipinski definition) is 5. The summed E-state index contributed by atoms with van der Waals surface area (Å²) in [4.78, 5) is 6.44. The molecule has 3 aromatic rings. The van der Waals surface area contributed by atoms with Crippen LogP contribution in [0.1, 0.15) is 30.1 Å². The van der Waals surface area contributed by atoms with Crippen LogP contribution in [0.4, 0.5) is 0 Å². The number of piperidine rings is 1. The molecule has 2 aliphatic rings. The summed E-state index contributed by atoms with van der Waals surface area (Å²) in [7, 11) is 0. The number of nitrogens with zero attached hydrogens (tertiary/aromatic N) is 4. The van der Waals surface area contributed by atoms with E-state index >= 15 is 0 Å². The van der Waals surface area contributed by atoms with E-state index in [9.17, 15) is 0 Å². The van der Waals surface area contributed by atoms with Crippen LogP contribution >= 0.6 is 23.2 Å². The van der Waals surface area contributed by atoms with E-state index in [-0.39, 0.29) is 18.2 Å². The molecule has 0 saturated carbocycles. The van der Waals surface area contributed by atoms with Crippen LogP contribution in [0.25, 0.3) is 5.69 Å². The molecule has 5 rings (SSSR count). The number of rotatable bonds is 4. The Labute approximate surface area is 185 Å². The van der Waals surface area contributed by atoms with Gasteiger partial charge in [-0.05, 0) is 67.8 Å². The zero-order valence-corrected chi connectivity index (χ0v) is 17.9. The number of hydrogen-bond donors (Lipinski definition) is 1. The lowest BCUT2D eigenvalue weighted by atomic mass is 10.0. The fourth-order valence-corrected chi connectivity index (χ4v) is 5.17. The second-order valence-electron chi connectivity index (χ2n) is 8.00. The first-order valence-electron chi connectivity index (χ1n) is 10.2. The average Bonchev–Trinajstić information content (AvgIpc) is 3.38. The Kier molecular flexibility index (Phi) is 5.41. The van der Waals surface area contributed by atoms with Crippen molar-refractivity contribution in [2.75, 3.05) is 13.1 Å². The van der Waals surface area contributed by atoms with Crippen LogP contribution in [0.5, 0.6) is 5.75 Å². The van der Waals surface area contributed by atoms with Crippen LogP contribution in [0.3, 0.4) is 0 Å². The molecule has 1 fully saturated rings. The summed E-state index contributed by atoms with van der Waals surface area (Å²) in [5.74, 6) is 0.791. The normalized spacial score (nSPS) is 24.0. The maximum absolute atomic E-state index is 6.56. The molecule has 0 spiro atoms. The molecule has 2 heterocycles. The van der Waals surface area contributed by atoms with Gasteiger partial charge in [0, 0.05) is 28.2 Å². The second-order valence-corrected chi connectivity index (χ2v) is 8.84. The SMILES string of the molecule is N[C@@H]1CCCN([C@H]2Cc3c(Cl)cc(Cl)cc3[C@H]2Oc2ccc(-n3cncn3)cc2)C1. The fourth-order valence-electron chi connectivity index (χ4n) is 4.59. The van der Waals surface area contributed by atoms with Gasteiger partial charge >= 0.3 is 0 Å². The zero-order chi connectivity index (χ0) is 20.7. The number of likely N-dealkylation sites (tertiary alicyclic amines) is 1. The molecule has 156 valence electrons. The molecular formula is C22H23Cl2N5O. The van der Waals surface area contributed by atoms with Crippen LogP contribution in [-0.4, -0.2) is 44.8 Å². The van der Waals surface area contributed by atoms with Crippen LogP contribution in [0, 0.1) is 0 Å². The summed E-state index contributed by atoms with van der Waals surface area (Å²) in [6.07, 6.45) is 6.03. The van der Waals surface area contributed by atoms with Crippen molar-refractivity contribution in [2.24, 2.45) is 5.73 Å². The van der Waals surface area contributed by atoms with Gasteiger partial charge in [-0.3, -0.25) is 4.90 Å². The number of fused-ring (bicyclic) bond motifs is 1. The van der Waals surface area contributed by atoms with E-state index in [4.69, 9.17) is 33.7 Å². The summed E-state index contributed by atoms with van der Waals surface area (Å²) in [5.41, 5.74) is 9.38. The lowest BCUT2D eigenvalue weighted by molar-refractivity contribution is 0.0593. The number of halogens is 2. The largest absolute Gasteiger partial charge is 0.484 e. The molecule has 0 amide bonds. The van der Waals surface area contributed by atoms with Crippen molar-refractivity contribution in [1.29, 1.82) is 0 Å². The smallest absolute Gasteiger partial charge is 0.140 e. The van der Waals surface area contributed by atoms with Gasteiger partial charge in [0.05, 0.1) is 11.7 Å². The Morgan fingerprint density at radius 1 is 1.13 bits per heavy atom. The first-order valence-corrected chi connectivity index (χ1v) is 10.9. The molecule has 1 aliphatic carbocycles. The third-order valence-corrected chi connectivity index (χ3v) is 6.56. The molecule has 0 unspecified atom stereocenters. The van der Waals surface area contributed by atoms with Gasteiger partial charge in [-0.1, -0.05) is 23.2 Å². The highest BCUT2D eigenvalue weighted by atomic mass is 35.5. The standard InChI is InChI=1S/C22H23Cl2N5O/c23-14-8-19-18(20(24)9-14)10-21(28-7-1-2-15(25)11-28)22(19)30-17-5-3-16(4-6-17)29-13-26-12-27-29/h3-6,8-9,12-13,15,21-22H,1-2,7,10-11,25H2/t15-,21+,22-/m1/s1. The van der Waals surface area contributed by atoms with Gasteiger partial charge < -0.3 is 10.5 Å². The molecule has 2 aromatic carbocycles. The van der Waals surface area contributed by atoms with Gasteiger partial charge in [-0.2, -0.15) is 5.10 Å². The third kappa shape index (κ3) is 3.81. The summed E-state index contributed by atoms with van der Waals surface area (Å²) in [5, 5.41) is 5.50. The van der Waals surface area contributed by atoms with E-state index in [1.165, 1.54) is 6.33 Å². The van der Waals surface area contributed by atoms with Crippen LogP contribution in [0.15, 0.2) is 49.1 Å². The lowest BCUT2D eigenvalue weighted by Gasteiger charge is -2.38. The molecular weight excluding hydrogens is 421 g/mol. The van der Waals surface area contributed by atoms with Gasteiger partial charge in [-0.15, -0.1) is 0 Å². The first-order chi connectivity index (χ1) is 14.6. The van der Waals surface area contributed by atoms with Crippen molar-refractivity contribution in [3.8, 4) is 11.4 Å². The van der Waals surface area contributed by atoms with Gasteiger partial charge in [0.2, 0.25) is 0 Å². The summed E-state index contributed by atoms with van der Waals surface area (Å²) in [6.45, 7) is 1.89. The first kappa shape index (κ1) is 19.8. The van der Waals surface area contributed by atoms with Crippen molar-refractivity contribution in [2.45, 2.75) is 37.5 Å². The minimum Gasteiger partial charge on any atom is -0.484 e. The maximum Gasteiger partial charge on any atom is 0.140 e. The molecule has 8 heteroatoms. The third-order valence-electron chi connectivity index (χ3n) is 6.01. The van der Waals surface area contributed by atoms with Crippen molar-refractivity contribution in [1.82, 2.24) is 19.7 Å². The molecule has 1 saturated heterocycles.